The molecule has 1 rings (SSSR count). The average molecular weight is 220 g/mol. The van der Waals surface area contributed by atoms with E-state index in [1.54, 1.807) is 0 Å². The van der Waals surface area contributed by atoms with Crippen molar-refractivity contribution in [1.29, 1.82) is 0 Å². The average Bonchev–Trinajstić information content (AvgIpc) is 2.17. The Morgan fingerprint density at radius 2 is 2.00 bits per heavy atom. The number of aliphatic hydroxyl groups excluding tert-OH is 1. The number of rotatable bonds is 3. The van der Waals surface area contributed by atoms with Crippen molar-refractivity contribution in [3.8, 4) is 5.75 Å². The third kappa shape index (κ3) is 2.62. The Morgan fingerprint density at radius 3 is 2.47 bits per heavy atom. The fourth-order valence-electron chi connectivity index (χ4n) is 1.39. The van der Waals surface area contributed by atoms with Gasteiger partial charge in [0.25, 0.3) is 0 Å². The third-order valence-corrected chi connectivity index (χ3v) is 2.02. The summed E-state index contributed by atoms with van der Waals surface area (Å²) in [6.07, 6.45) is -4.49. The zero-order valence-electron chi connectivity index (χ0n) is 8.14. The Balaban J connectivity index is 3.25. The van der Waals surface area contributed by atoms with Crippen molar-refractivity contribution in [2.24, 2.45) is 0 Å². The van der Waals surface area contributed by atoms with Crippen LogP contribution in [0, 0.1) is 0 Å². The monoisotopic (exact) mass is 220 g/mol. The van der Waals surface area contributed by atoms with Crippen LogP contribution in [0.1, 0.15) is 11.1 Å². The van der Waals surface area contributed by atoms with Crippen molar-refractivity contribution in [2.45, 2.75) is 12.6 Å². The van der Waals surface area contributed by atoms with Gasteiger partial charge in [0.05, 0.1) is 12.7 Å². The van der Waals surface area contributed by atoms with E-state index in [0.29, 0.717) is 0 Å². The number of ether oxygens (including phenoxy) is 1. The van der Waals surface area contributed by atoms with Crippen molar-refractivity contribution in [3.05, 3.63) is 29.3 Å². The quantitative estimate of drug-likeness (QED) is 0.846. The molecule has 0 saturated heterocycles. The van der Waals surface area contributed by atoms with Crippen LogP contribution < -0.4 is 4.74 Å². The molecule has 0 aliphatic heterocycles. The molecular formula is C10H11F3O2. The van der Waals surface area contributed by atoms with Crippen LogP contribution in [-0.4, -0.2) is 18.8 Å². The minimum absolute atomic E-state index is 0.00463. The summed E-state index contributed by atoms with van der Waals surface area (Å²) in [6.45, 7) is -0.344. The third-order valence-electron chi connectivity index (χ3n) is 2.02. The maximum absolute atomic E-state index is 12.6. The SMILES string of the molecule is COc1cccc(C(F)(F)F)c1CCO. The predicted octanol–water partition coefficient (Wildman–Crippen LogP) is 2.25. The Bertz CT molecular complexity index is 334. The Hall–Kier alpha value is -1.23. The topological polar surface area (TPSA) is 29.5 Å². The zero-order valence-corrected chi connectivity index (χ0v) is 8.14. The van der Waals surface area contributed by atoms with Gasteiger partial charge in [-0.15, -0.1) is 0 Å². The Kier molecular flexibility index (Phi) is 3.57. The van der Waals surface area contributed by atoms with Gasteiger partial charge in [0.1, 0.15) is 5.75 Å². The lowest BCUT2D eigenvalue weighted by molar-refractivity contribution is -0.138. The summed E-state index contributed by atoms with van der Waals surface area (Å²) >= 11 is 0. The first-order valence-electron chi connectivity index (χ1n) is 4.34. The van der Waals surface area contributed by atoms with E-state index in [1.165, 1.54) is 19.2 Å². The van der Waals surface area contributed by atoms with E-state index in [9.17, 15) is 13.2 Å². The van der Waals surface area contributed by atoms with Gasteiger partial charge < -0.3 is 9.84 Å². The molecule has 5 heteroatoms. The van der Waals surface area contributed by atoms with Gasteiger partial charge >= 0.3 is 6.18 Å². The van der Waals surface area contributed by atoms with Crippen LogP contribution in [0.4, 0.5) is 13.2 Å². The van der Waals surface area contributed by atoms with E-state index < -0.39 is 11.7 Å². The summed E-state index contributed by atoms with van der Waals surface area (Å²) in [5, 5.41) is 8.71. The lowest BCUT2D eigenvalue weighted by Crippen LogP contribution is -2.11. The predicted molar refractivity (Wildman–Crippen MR) is 48.8 cm³/mol. The molecule has 0 aliphatic rings. The normalized spacial score (nSPS) is 11.5. The number of hydrogen-bond donors (Lipinski definition) is 1. The van der Waals surface area contributed by atoms with Gasteiger partial charge in [0.2, 0.25) is 0 Å². The minimum atomic E-state index is -4.42. The van der Waals surface area contributed by atoms with Crippen molar-refractivity contribution in [1.82, 2.24) is 0 Å². The van der Waals surface area contributed by atoms with Gasteiger partial charge in [-0.2, -0.15) is 13.2 Å². The van der Waals surface area contributed by atoms with Crippen LogP contribution in [0.2, 0.25) is 0 Å². The summed E-state index contributed by atoms with van der Waals surface area (Å²) in [5.41, 5.74) is -0.758. The van der Waals surface area contributed by atoms with Crippen LogP contribution in [0.25, 0.3) is 0 Å². The molecule has 0 unspecified atom stereocenters. The smallest absolute Gasteiger partial charge is 0.416 e. The molecule has 1 aromatic rings. The molecule has 84 valence electrons. The molecule has 15 heavy (non-hydrogen) atoms. The van der Waals surface area contributed by atoms with Gasteiger partial charge in [-0.25, -0.2) is 0 Å². The largest absolute Gasteiger partial charge is 0.496 e. The van der Waals surface area contributed by atoms with Crippen LogP contribution >= 0.6 is 0 Å². The second kappa shape index (κ2) is 4.53. The lowest BCUT2D eigenvalue weighted by Gasteiger charge is -2.15. The van der Waals surface area contributed by atoms with Gasteiger partial charge in [0, 0.05) is 12.2 Å². The van der Waals surface area contributed by atoms with Gasteiger partial charge in [0.15, 0.2) is 0 Å². The molecule has 0 bridgehead atoms. The van der Waals surface area contributed by atoms with E-state index in [0.717, 1.165) is 6.07 Å². The van der Waals surface area contributed by atoms with Crippen LogP contribution in [0.3, 0.4) is 0 Å². The van der Waals surface area contributed by atoms with Crippen LogP contribution in [0.15, 0.2) is 18.2 Å². The van der Waals surface area contributed by atoms with Gasteiger partial charge in [-0.05, 0) is 18.6 Å². The summed E-state index contributed by atoms with van der Waals surface area (Å²) in [7, 11) is 1.30. The molecule has 0 radical (unpaired) electrons. The summed E-state index contributed by atoms with van der Waals surface area (Å²) in [4.78, 5) is 0. The van der Waals surface area contributed by atoms with Crippen molar-refractivity contribution < 1.29 is 23.0 Å². The molecule has 0 amide bonds. The van der Waals surface area contributed by atoms with E-state index in [4.69, 9.17) is 9.84 Å². The molecule has 0 heterocycles. The van der Waals surface area contributed by atoms with Gasteiger partial charge in [-0.3, -0.25) is 0 Å². The number of aliphatic hydroxyl groups is 1. The minimum Gasteiger partial charge on any atom is -0.496 e. The summed E-state index contributed by atoms with van der Waals surface area (Å²) in [6, 6.07) is 3.70. The first-order chi connectivity index (χ1) is 7.00. The number of methoxy groups -OCH3 is 1. The lowest BCUT2D eigenvalue weighted by atomic mass is 10.0. The van der Waals surface area contributed by atoms with Crippen LogP contribution in [-0.2, 0) is 12.6 Å². The molecule has 0 saturated carbocycles. The first kappa shape index (κ1) is 11.8. The van der Waals surface area contributed by atoms with Crippen molar-refractivity contribution in [2.75, 3.05) is 13.7 Å². The molecule has 1 aromatic carbocycles. The second-order valence-electron chi connectivity index (χ2n) is 2.96. The highest BCUT2D eigenvalue weighted by molar-refractivity contribution is 5.42. The molecular weight excluding hydrogens is 209 g/mol. The fourth-order valence-corrected chi connectivity index (χ4v) is 1.39. The molecule has 0 spiro atoms. The standard InChI is InChI=1S/C10H11F3O2/c1-15-9-4-2-3-8(10(11,12)13)7(9)5-6-14/h2-4,14H,5-6H2,1H3. The highest BCUT2D eigenvalue weighted by Crippen LogP contribution is 2.35. The molecule has 2 nitrogen and oxygen atoms in total. The maximum atomic E-state index is 12.6. The number of hydrogen-bond acceptors (Lipinski definition) is 2. The van der Waals surface area contributed by atoms with E-state index in [2.05, 4.69) is 0 Å². The van der Waals surface area contributed by atoms with Crippen molar-refractivity contribution >= 4 is 0 Å². The molecule has 1 N–H and O–H groups in total. The number of benzene rings is 1. The van der Waals surface area contributed by atoms with Crippen molar-refractivity contribution in [3.63, 3.8) is 0 Å². The number of alkyl halides is 3. The van der Waals surface area contributed by atoms with Gasteiger partial charge in [-0.1, -0.05) is 6.07 Å². The highest BCUT2D eigenvalue weighted by Gasteiger charge is 2.34. The summed E-state index contributed by atoms with van der Waals surface area (Å²) < 4.78 is 42.5. The fraction of sp³-hybridized carbons (Fsp3) is 0.400. The van der Waals surface area contributed by atoms with E-state index in [-0.39, 0.29) is 24.3 Å². The van der Waals surface area contributed by atoms with Crippen LogP contribution in [0.5, 0.6) is 5.75 Å². The second-order valence-corrected chi connectivity index (χ2v) is 2.96. The molecule has 0 atom stereocenters. The molecule has 0 fully saturated rings. The zero-order chi connectivity index (χ0) is 11.5. The maximum Gasteiger partial charge on any atom is 0.416 e. The molecule has 0 aromatic heterocycles. The molecule has 0 aliphatic carbocycles. The Labute approximate surface area is 85.3 Å². The van der Waals surface area contributed by atoms with E-state index in [1.807, 2.05) is 0 Å². The first-order valence-corrected chi connectivity index (χ1v) is 4.34. The highest BCUT2D eigenvalue weighted by atomic mass is 19.4. The summed E-state index contributed by atoms with van der Waals surface area (Å²) in [5.74, 6) is 0.152. The Morgan fingerprint density at radius 1 is 1.33 bits per heavy atom. The van der Waals surface area contributed by atoms with E-state index >= 15 is 0 Å². The number of halogens is 3.